The number of benzene rings is 2. The Morgan fingerprint density at radius 1 is 0.947 bits per heavy atom. The zero-order chi connectivity index (χ0) is 25.9. The molecule has 0 amide bonds. The van der Waals surface area contributed by atoms with Crippen LogP contribution in [0.4, 0.5) is 0 Å². The second-order valence-electron chi connectivity index (χ2n) is 11.1. The normalized spacial score (nSPS) is 27.5. The number of nitrogens with zero attached hydrogens (tertiary/aromatic N) is 6. The molecular formula is C31H34N7+. The monoisotopic (exact) mass is 504 g/mol. The molecule has 2 aromatic carbocycles. The number of likely N-dealkylation sites (N-methyl/N-ethyl adjacent to an activating group) is 1. The molecule has 1 aromatic heterocycles. The summed E-state index contributed by atoms with van der Waals surface area (Å²) in [4.78, 5) is 19.8. The van der Waals surface area contributed by atoms with Crippen LogP contribution in [0.1, 0.15) is 24.0 Å². The Morgan fingerprint density at radius 2 is 1.74 bits per heavy atom. The zero-order valence-corrected chi connectivity index (χ0v) is 22.1. The van der Waals surface area contributed by atoms with E-state index in [1.54, 1.807) is 6.20 Å². The minimum atomic E-state index is 0.0668. The number of amidine groups is 1. The molecule has 1 saturated heterocycles. The minimum absolute atomic E-state index is 0.0668. The number of rotatable bonds is 4. The molecule has 2 fully saturated rings. The molecule has 1 unspecified atom stereocenters. The quantitative estimate of drug-likeness (QED) is 0.421. The number of quaternary nitrogens is 1. The van der Waals surface area contributed by atoms with Gasteiger partial charge in [0, 0.05) is 49.1 Å². The third-order valence-electron chi connectivity index (χ3n) is 8.72. The first-order chi connectivity index (χ1) is 18.5. The fraction of sp³-hybridized carbons (Fsp3) is 0.323. The Morgan fingerprint density at radius 3 is 2.53 bits per heavy atom. The van der Waals surface area contributed by atoms with Crippen LogP contribution < -0.4 is 5.84 Å². The molecule has 1 saturated carbocycles. The zero-order valence-electron chi connectivity index (χ0n) is 22.1. The smallest absolute Gasteiger partial charge is 0.264 e. The summed E-state index contributed by atoms with van der Waals surface area (Å²) in [6, 6.07) is 19.6. The lowest BCUT2D eigenvalue weighted by Gasteiger charge is -2.45. The molecular weight excluding hydrogens is 470 g/mol. The van der Waals surface area contributed by atoms with Gasteiger partial charge in [0.2, 0.25) is 5.70 Å². The van der Waals surface area contributed by atoms with Crippen LogP contribution in [-0.2, 0) is 0 Å². The summed E-state index contributed by atoms with van der Waals surface area (Å²) < 4.78 is 0.0668. The molecule has 7 nitrogen and oxygen atoms in total. The molecule has 0 spiro atoms. The van der Waals surface area contributed by atoms with E-state index in [0.29, 0.717) is 12.0 Å². The van der Waals surface area contributed by atoms with Gasteiger partial charge in [-0.15, -0.1) is 4.59 Å². The van der Waals surface area contributed by atoms with Crippen LogP contribution in [0.2, 0.25) is 0 Å². The number of fused-ring (bicyclic) bond motifs is 2. The Balaban J connectivity index is 1.22. The van der Waals surface area contributed by atoms with Gasteiger partial charge in [-0.05, 0) is 50.6 Å². The molecule has 7 rings (SSSR count). The topological polar surface area (TPSA) is 70.1 Å². The van der Waals surface area contributed by atoms with E-state index in [1.807, 2.05) is 18.5 Å². The predicted molar refractivity (Wildman–Crippen MR) is 153 cm³/mol. The number of aryl methyl sites for hydroxylation is 1. The highest BCUT2D eigenvalue weighted by Gasteiger charge is 2.49. The average Bonchev–Trinajstić information content (AvgIpc) is 3.21. The van der Waals surface area contributed by atoms with Gasteiger partial charge in [-0.1, -0.05) is 36.4 Å². The minimum Gasteiger partial charge on any atom is -0.304 e. The first kappa shape index (κ1) is 23.6. The first-order valence-corrected chi connectivity index (χ1v) is 13.6. The van der Waals surface area contributed by atoms with Crippen molar-refractivity contribution < 1.29 is 4.59 Å². The maximum atomic E-state index is 7.07. The maximum absolute atomic E-state index is 7.07. The number of pyridine rings is 1. The third-order valence-corrected chi connectivity index (χ3v) is 8.72. The number of aromatic nitrogens is 1. The van der Waals surface area contributed by atoms with Crippen LogP contribution in [0.15, 0.2) is 88.4 Å². The Hall–Kier alpha value is -3.49. The molecule has 192 valence electrons. The lowest BCUT2D eigenvalue weighted by Crippen LogP contribution is -2.54. The molecule has 4 aliphatic rings. The number of hydrogen-bond acceptors (Lipinski definition) is 6. The summed E-state index contributed by atoms with van der Waals surface area (Å²) in [6.45, 7) is 6.77. The van der Waals surface area contributed by atoms with E-state index < -0.39 is 0 Å². The van der Waals surface area contributed by atoms with Crippen LogP contribution >= 0.6 is 0 Å². The largest absolute Gasteiger partial charge is 0.304 e. The van der Waals surface area contributed by atoms with Gasteiger partial charge in [-0.2, -0.15) is 10.8 Å². The number of aliphatic imine (C=N–C) groups is 2. The van der Waals surface area contributed by atoms with Crippen LogP contribution in [0, 0.1) is 12.8 Å². The standard InChI is InChI=1S/C31H34N7/c1-21-16-27(22-6-4-3-5-7-22)34-28-19-23(8-9-26(21)28)31-35-30(29-20-33-10-15-38(29,31)32)24-17-25(18-24)37-13-11-36(2)12-14-37/h3-10,15-16,19-20,24-25H,11-14,17-18,32H2,1-2H3/q+1. The Kier molecular flexibility index (Phi) is 5.63. The first-order valence-electron chi connectivity index (χ1n) is 13.6. The van der Waals surface area contributed by atoms with E-state index >= 15 is 0 Å². The van der Waals surface area contributed by atoms with E-state index in [-0.39, 0.29) is 4.59 Å². The highest BCUT2D eigenvalue weighted by molar-refractivity contribution is 6.03. The SMILES string of the molecule is Cc1cc(-c2ccccc2)nc2cc(C3=NC(C4CC(N5CCN(C)CC5)C4)=C4C=NC=C[N+]34N)ccc12. The molecule has 2 N–H and O–H groups in total. The average molecular weight is 505 g/mol. The Labute approximate surface area is 223 Å². The molecule has 0 radical (unpaired) electrons. The van der Waals surface area contributed by atoms with Gasteiger partial charge in [0.05, 0.1) is 29.2 Å². The third kappa shape index (κ3) is 3.85. The highest BCUT2D eigenvalue weighted by Crippen LogP contribution is 2.44. The van der Waals surface area contributed by atoms with Gasteiger partial charge in [0.1, 0.15) is 11.9 Å². The van der Waals surface area contributed by atoms with Crippen molar-refractivity contribution in [2.75, 3.05) is 33.2 Å². The van der Waals surface area contributed by atoms with Crippen molar-refractivity contribution in [1.82, 2.24) is 14.8 Å². The number of allylic oxidation sites excluding steroid dienone is 2. The number of hydrogen-bond donors (Lipinski definition) is 1. The van der Waals surface area contributed by atoms with Crippen molar-refractivity contribution in [3.63, 3.8) is 0 Å². The number of piperazine rings is 1. The molecule has 4 heterocycles. The summed E-state index contributed by atoms with van der Waals surface area (Å²) in [7, 11) is 2.21. The van der Waals surface area contributed by atoms with Gasteiger partial charge >= 0.3 is 0 Å². The van der Waals surface area contributed by atoms with Gasteiger partial charge < -0.3 is 4.90 Å². The van der Waals surface area contributed by atoms with E-state index in [1.165, 1.54) is 5.56 Å². The summed E-state index contributed by atoms with van der Waals surface area (Å²) in [5.41, 5.74) is 7.35. The van der Waals surface area contributed by atoms with Gasteiger partial charge in [-0.3, -0.25) is 9.89 Å². The second kappa shape index (κ2) is 9.06. The van der Waals surface area contributed by atoms with Crippen molar-refractivity contribution in [3.05, 3.63) is 89.5 Å². The fourth-order valence-electron chi connectivity index (χ4n) is 6.30. The lowest BCUT2D eigenvalue weighted by atomic mass is 9.76. The molecule has 1 atom stereocenters. The van der Waals surface area contributed by atoms with Crippen molar-refractivity contribution in [2.24, 2.45) is 21.7 Å². The Bertz CT molecular complexity index is 1520. The van der Waals surface area contributed by atoms with Gasteiger partial charge in [-0.25, -0.2) is 4.98 Å². The van der Waals surface area contributed by atoms with Crippen molar-refractivity contribution >= 4 is 23.0 Å². The molecule has 38 heavy (non-hydrogen) atoms. The highest BCUT2D eigenvalue weighted by atomic mass is 15.6. The van der Waals surface area contributed by atoms with Crippen LogP contribution in [-0.4, -0.2) is 70.7 Å². The molecule has 7 heteroatoms. The summed E-state index contributed by atoms with van der Waals surface area (Å²) in [5, 5.41) is 1.15. The maximum Gasteiger partial charge on any atom is 0.264 e. The molecule has 1 aliphatic carbocycles. The summed E-state index contributed by atoms with van der Waals surface area (Å²) in [5.74, 6) is 8.32. The second-order valence-corrected chi connectivity index (χ2v) is 11.1. The summed E-state index contributed by atoms with van der Waals surface area (Å²) >= 11 is 0. The van der Waals surface area contributed by atoms with Crippen molar-refractivity contribution in [3.8, 4) is 11.3 Å². The molecule has 0 bridgehead atoms. The van der Waals surface area contributed by atoms with E-state index in [0.717, 1.165) is 84.0 Å². The van der Waals surface area contributed by atoms with Crippen molar-refractivity contribution in [2.45, 2.75) is 25.8 Å². The fourth-order valence-corrected chi connectivity index (χ4v) is 6.30. The summed E-state index contributed by atoms with van der Waals surface area (Å²) in [6.07, 6.45) is 7.91. The predicted octanol–water partition coefficient (Wildman–Crippen LogP) is 4.45. The van der Waals surface area contributed by atoms with Crippen LogP contribution in [0.25, 0.3) is 22.2 Å². The molecule has 3 aliphatic heterocycles. The van der Waals surface area contributed by atoms with Gasteiger partial charge in [0.15, 0.2) is 0 Å². The van der Waals surface area contributed by atoms with Crippen LogP contribution in [0.5, 0.6) is 0 Å². The van der Waals surface area contributed by atoms with Crippen molar-refractivity contribution in [1.29, 1.82) is 0 Å². The van der Waals surface area contributed by atoms with Crippen LogP contribution in [0.3, 0.4) is 0 Å². The molecule has 3 aromatic rings. The van der Waals surface area contributed by atoms with E-state index in [4.69, 9.17) is 15.8 Å². The van der Waals surface area contributed by atoms with E-state index in [9.17, 15) is 0 Å². The van der Waals surface area contributed by atoms with E-state index in [2.05, 4.69) is 77.3 Å². The number of nitrogens with two attached hydrogens (primary N) is 1. The van der Waals surface area contributed by atoms with Gasteiger partial charge in [0.25, 0.3) is 5.84 Å². The lowest BCUT2D eigenvalue weighted by molar-refractivity contribution is -0.750.